The average molecular weight is 295 g/mol. The first-order valence-electron chi connectivity index (χ1n) is 6.35. The fourth-order valence-electron chi connectivity index (χ4n) is 1.57. The van der Waals surface area contributed by atoms with E-state index in [4.69, 9.17) is 4.74 Å². The minimum absolute atomic E-state index is 0.161. The Balaban J connectivity index is 2.72. The summed E-state index contributed by atoms with van der Waals surface area (Å²) in [5, 5.41) is 0. The van der Waals surface area contributed by atoms with Crippen molar-refractivity contribution in [3.63, 3.8) is 0 Å². The zero-order valence-electron chi connectivity index (χ0n) is 12.0. The van der Waals surface area contributed by atoms with Gasteiger partial charge < -0.3 is 14.4 Å². The van der Waals surface area contributed by atoms with Gasteiger partial charge >= 0.3 is 5.97 Å². The quantitative estimate of drug-likeness (QED) is 0.565. The molecule has 21 heavy (non-hydrogen) atoms. The van der Waals surface area contributed by atoms with E-state index in [9.17, 15) is 14.0 Å². The molecule has 0 heterocycles. The minimum atomic E-state index is -0.515. The summed E-state index contributed by atoms with van der Waals surface area (Å²) in [4.78, 5) is 24.6. The van der Waals surface area contributed by atoms with E-state index >= 15 is 0 Å². The Kier molecular flexibility index (Phi) is 7.11. The molecule has 0 bridgehead atoms. The monoisotopic (exact) mass is 295 g/mol. The van der Waals surface area contributed by atoms with Crippen molar-refractivity contribution in [2.45, 2.75) is 0 Å². The first kappa shape index (κ1) is 16.8. The van der Waals surface area contributed by atoms with Gasteiger partial charge in [0.15, 0.2) is 0 Å². The van der Waals surface area contributed by atoms with Crippen LogP contribution in [0, 0.1) is 5.82 Å². The molecule has 0 unspecified atom stereocenters. The van der Waals surface area contributed by atoms with Crippen molar-refractivity contribution in [3.8, 4) is 0 Å². The molecule has 0 N–H and O–H groups in total. The average Bonchev–Trinajstić information content (AvgIpc) is 2.48. The van der Waals surface area contributed by atoms with Crippen LogP contribution in [-0.2, 0) is 19.1 Å². The minimum Gasteiger partial charge on any atom is -0.468 e. The molecule has 1 aromatic carbocycles. The molecule has 114 valence electrons. The van der Waals surface area contributed by atoms with Gasteiger partial charge in [0.1, 0.15) is 12.4 Å². The Morgan fingerprint density at radius 1 is 1.33 bits per heavy atom. The van der Waals surface area contributed by atoms with Crippen LogP contribution in [0.1, 0.15) is 5.56 Å². The Bertz CT molecular complexity index is 516. The van der Waals surface area contributed by atoms with E-state index in [2.05, 4.69) is 4.74 Å². The molecule has 0 fully saturated rings. The van der Waals surface area contributed by atoms with Gasteiger partial charge in [-0.3, -0.25) is 9.59 Å². The first-order valence-corrected chi connectivity index (χ1v) is 6.35. The Hall–Kier alpha value is -2.21. The maximum Gasteiger partial charge on any atom is 0.325 e. The lowest BCUT2D eigenvalue weighted by molar-refractivity contribution is -0.145. The Labute approximate surface area is 123 Å². The number of amides is 1. The highest BCUT2D eigenvalue weighted by atomic mass is 19.1. The second kappa shape index (κ2) is 8.86. The van der Waals surface area contributed by atoms with Crippen LogP contribution in [0.15, 0.2) is 30.3 Å². The molecule has 0 aliphatic rings. The molecule has 0 aliphatic heterocycles. The van der Waals surface area contributed by atoms with Gasteiger partial charge in [0.2, 0.25) is 5.91 Å². The van der Waals surface area contributed by atoms with E-state index in [1.165, 1.54) is 43.4 Å². The van der Waals surface area contributed by atoms with E-state index in [0.717, 1.165) is 0 Å². The van der Waals surface area contributed by atoms with Crippen molar-refractivity contribution in [3.05, 3.63) is 41.7 Å². The highest BCUT2D eigenvalue weighted by molar-refractivity contribution is 5.93. The van der Waals surface area contributed by atoms with Crippen molar-refractivity contribution < 1.29 is 23.5 Å². The van der Waals surface area contributed by atoms with Crippen molar-refractivity contribution in [1.29, 1.82) is 0 Å². The van der Waals surface area contributed by atoms with E-state index in [-0.39, 0.29) is 24.8 Å². The molecule has 0 radical (unpaired) electrons. The number of carbonyl (C=O) groups excluding carboxylic acids is 2. The predicted octanol–water partition coefficient (Wildman–Crippen LogP) is 1.49. The topological polar surface area (TPSA) is 55.8 Å². The van der Waals surface area contributed by atoms with Crippen LogP contribution in [0.3, 0.4) is 0 Å². The summed E-state index contributed by atoms with van der Waals surface area (Å²) in [6.07, 6.45) is 2.77. The van der Waals surface area contributed by atoms with Gasteiger partial charge in [0, 0.05) is 19.7 Å². The zero-order valence-corrected chi connectivity index (χ0v) is 12.0. The van der Waals surface area contributed by atoms with Gasteiger partial charge in [-0.1, -0.05) is 12.1 Å². The van der Waals surface area contributed by atoms with Crippen molar-refractivity contribution in [1.82, 2.24) is 4.90 Å². The normalized spacial score (nSPS) is 10.6. The summed E-state index contributed by atoms with van der Waals surface area (Å²) < 4.78 is 22.5. The van der Waals surface area contributed by atoms with Crippen molar-refractivity contribution >= 4 is 18.0 Å². The molecule has 0 saturated heterocycles. The van der Waals surface area contributed by atoms with Crippen LogP contribution < -0.4 is 0 Å². The number of methoxy groups -OCH3 is 2. The van der Waals surface area contributed by atoms with E-state index < -0.39 is 5.97 Å². The number of carbonyl (C=O) groups is 2. The zero-order chi connectivity index (χ0) is 15.7. The molecule has 1 rings (SSSR count). The molecular formula is C15H18FNO4. The smallest absolute Gasteiger partial charge is 0.325 e. The van der Waals surface area contributed by atoms with Crippen LogP contribution in [0.4, 0.5) is 4.39 Å². The number of ether oxygens (including phenoxy) is 2. The van der Waals surface area contributed by atoms with Crippen molar-refractivity contribution in [2.24, 2.45) is 0 Å². The number of benzene rings is 1. The fourth-order valence-corrected chi connectivity index (χ4v) is 1.57. The summed E-state index contributed by atoms with van der Waals surface area (Å²) in [5.74, 6) is -1.27. The van der Waals surface area contributed by atoms with Gasteiger partial charge in [-0.25, -0.2) is 4.39 Å². The van der Waals surface area contributed by atoms with E-state index in [1.54, 1.807) is 12.1 Å². The van der Waals surface area contributed by atoms with Gasteiger partial charge in [0.25, 0.3) is 0 Å². The molecule has 0 saturated carbocycles. The largest absolute Gasteiger partial charge is 0.468 e. The fraction of sp³-hybridized carbons (Fsp3) is 0.333. The van der Waals surface area contributed by atoms with Gasteiger partial charge in [-0.2, -0.15) is 0 Å². The molecule has 0 aromatic heterocycles. The molecule has 0 atom stereocenters. The lowest BCUT2D eigenvalue weighted by Crippen LogP contribution is -2.37. The Morgan fingerprint density at radius 2 is 2.10 bits per heavy atom. The molecular weight excluding hydrogens is 277 g/mol. The molecule has 0 spiro atoms. The van der Waals surface area contributed by atoms with Crippen LogP contribution >= 0.6 is 0 Å². The molecule has 5 nitrogen and oxygen atoms in total. The third kappa shape index (κ3) is 6.18. The van der Waals surface area contributed by atoms with Gasteiger partial charge in [0.05, 0.1) is 13.7 Å². The highest BCUT2D eigenvalue weighted by Crippen LogP contribution is 2.06. The number of esters is 1. The lowest BCUT2D eigenvalue weighted by Gasteiger charge is -2.19. The van der Waals surface area contributed by atoms with Crippen LogP contribution in [0.25, 0.3) is 6.08 Å². The van der Waals surface area contributed by atoms with Crippen LogP contribution in [0.5, 0.6) is 0 Å². The number of nitrogens with zero attached hydrogens (tertiary/aromatic N) is 1. The summed E-state index contributed by atoms with van der Waals surface area (Å²) in [6.45, 7) is 0.403. The maximum atomic E-state index is 13.0. The van der Waals surface area contributed by atoms with Gasteiger partial charge in [-0.15, -0.1) is 0 Å². The first-order chi connectivity index (χ1) is 10.1. The van der Waals surface area contributed by atoms with E-state index in [0.29, 0.717) is 12.2 Å². The van der Waals surface area contributed by atoms with Crippen LogP contribution in [0.2, 0.25) is 0 Å². The molecule has 6 heteroatoms. The Morgan fingerprint density at radius 3 is 2.71 bits per heavy atom. The lowest BCUT2D eigenvalue weighted by atomic mass is 10.2. The van der Waals surface area contributed by atoms with Gasteiger partial charge in [-0.05, 0) is 23.8 Å². The standard InChI is InChI=1S/C15H18FNO4/c1-20-9-8-17(11-15(19)21-2)14(18)7-6-12-4-3-5-13(16)10-12/h3-7,10H,8-9,11H2,1-2H3/b7-6+. The molecule has 1 aromatic rings. The third-order valence-corrected chi connectivity index (χ3v) is 2.69. The number of halogens is 1. The number of rotatable bonds is 7. The summed E-state index contributed by atoms with van der Waals surface area (Å²) in [5.41, 5.74) is 0.563. The maximum absolute atomic E-state index is 13.0. The SMILES string of the molecule is COCCN(CC(=O)OC)C(=O)/C=C/c1cccc(F)c1. The predicted molar refractivity (Wildman–Crippen MR) is 75.9 cm³/mol. The molecule has 1 amide bonds. The number of hydrogen-bond donors (Lipinski definition) is 0. The highest BCUT2D eigenvalue weighted by Gasteiger charge is 2.14. The summed E-state index contributed by atoms with van der Waals surface area (Å²) in [6, 6.07) is 5.86. The third-order valence-electron chi connectivity index (χ3n) is 2.69. The summed E-state index contributed by atoms with van der Waals surface area (Å²) >= 11 is 0. The van der Waals surface area contributed by atoms with Crippen molar-refractivity contribution in [2.75, 3.05) is 33.9 Å². The molecule has 0 aliphatic carbocycles. The second-order valence-electron chi connectivity index (χ2n) is 4.22. The summed E-state index contributed by atoms with van der Waals surface area (Å²) in [7, 11) is 2.76. The second-order valence-corrected chi connectivity index (χ2v) is 4.22. The van der Waals surface area contributed by atoms with E-state index in [1.807, 2.05) is 0 Å². The number of hydrogen-bond acceptors (Lipinski definition) is 4. The van der Waals surface area contributed by atoms with Crippen LogP contribution in [-0.4, -0.2) is 50.7 Å².